The molecular formula is C23H28N2O3. The number of carboxylic acid groups (broad SMARTS) is 1. The van der Waals surface area contributed by atoms with Gasteiger partial charge in [-0.1, -0.05) is 50.1 Å². The Bertz CT molecular complexity index is 860. The van der Waals surface area contributed by atoms with E-state index in [1.165, 1.54) is 0 Å². The molecular weight excluding hydrogens is 352 g/mol. The first kappa shape index (κ1) is 18.8. The number of aromatic nitrogens is 1. The highest BCUT2D eigenvalue weighted by Gasteiger charge is 2.33. The number of anilines is 1. The van der Waals surface area contributed by atoms with Crippen LogP contribution in [0.5, 0.6) is 5.75 Å². The molecule has 28 heavy (non-hydrogen) atoms. The monoisotopic (exact) mass is 380 g/mol. The molecule has 0 saturated heterocycles. The van der Waals surface area contributed by atoms with Crippen LogP contribution in [0.4, 0.5) is 10.6 Å². The van der Waals surface area contributed by atoms with Gasteiger partial charge in [-0.3, -0.25) is 0 Å². The quantitative estimate of drug-likeness (QED) is 0.712. The fraction of sp³-hybridized carbons (Fsp3) is 0.478. The molecule has 1 aliphatic heterocycles. The standard InChI is InChI=1S/C23H28N2O3/c1-3-25-14-15(2)13-18-19(16-9-5-4-6-10-16)21(28-23(26)27)20(24-22(18)25)17-11-7-8-12-17/h4-6,9-10,15,17H,3,7-8,11-14H2,1-2H3,(H,26,27). The van der Waals surface area contributed by atoms with Crippen LogP contribution in [0.2, 0.25) is 0 Å². The van der Waals surface area contributed by atoms with Gasteiger partial charge in [0.1, 0.15) is 5.82 Å². The molecule has 1 fully saturated rings. The largest absolute Gasteiger partial charge is 0.511 e. The molecule has 0 amide bonds. The summed E-state index contributed by atoms with van der Waals surface area (Å²) in [6.07, 6.45) is 4.01. The molecule has 1 aromatic carbocycles. The van der Waals surface area contributed by atoms with E-state index in [-0.39, 0.29) is 5.92 Å². The number of ether oxygens (including phenoxy) is 1. The SMILES string of the molecule is CCN1CC(C)Cc2c1nc(C1CCCC1)c(OC(=O)O)c2-c1ccccc1. The maximum Gasteiger partial charge on any atom is 0.511 e. The number of fused-ring (bicyclic) bond motifs is 1. The van der Waals surface area contributed by atoms with E-state index >= 15 is 0 Å². The van der Waals surface area contributed by atoms with E-state index in [1.807, 2.05) is 30.3 Å². The number of hydrogen-bond donors (Lipinski definition) is 1. The molecule has 1 unspecified atom stereocenters. The maximum absolute atomic E-state index is 11.6. The van der Waals surface area contributed by atoms with Crippen LogP contribution in [0.3, 0.4) is 0 Å². The Hall–Kier alpha value is -2.56. The minimum absolute atomic E-state index is 0.264. The summed E-state index contributed by atoms with van der Waals surface area (Å²) in [7, 11) is 0. The molecule has 2 aromatic rings. The number of nitrogens with zero attached hydrogens (tertiary/aromatic N) is 2. The summed E-state index contributed by atoms with van der Waals surface area (Å²) in [5.41, 5.74) is 3.86. The first-order valence-electron chi connectivity index (χ1n) is 10.4. The van der Waals surface area contributed by atoms with Gasteiger partial charge in [0.25, 0.3) is 0 Å². The van der Waals surface area contributed by atoms with E-state index in [0.717, 1.165) is 73.4 Å². The van der Waals surface area contributed by atoms with Crippen molar-refractivity contribution in [3.63, 3.8) is 0 Å². The Morgan fingerprint density at radius 2 is 1.96 bits per heavy atom. The highest BCUT2D eigenvalue weighted by molar-refractivity contribution is 5.82. The fourth-order valence-corrected chi connectivity index (χ4v) is 4.80. The van der Waals surface area contributed by atoms with Gasteiger partial charge in [-0.05, 0) is 37.7 Å². The number of pyridine rings is 1. The molecule has 4 rings (SSSR count). The van der Waals surface area contributed by atoms with E-state index in [9.17, 15) is 9.90 Å². The van der Waals surface area contributed by atoms with Crippen LogP contribution in [0.25, 0.3) is 11.1 Å². The highest BCUT2D eigenvalue weighted by atomic mass is 16.7. The van der Waals surface area contributed by atoms with Gasteiger partial charge in [0.15, 0.2) is 5.75 Å². The molecule has 0 spiro atoms. The first-order valence-corrected chi connectivity index (χ1v) is 10.4. The van der Waals surface area contributed by atoms with Crippen molar-refractivity contribution in [3.05, 3.63) is 41.6 Å². The molecule has 1 atom stereocenters. The van der Waals surface area contributed by atoms with Crippen molar-refractivity contribution in [2.75, 3.05) is 18.0 Å². The third-order valence-corrected chi connectivity index (χ3v) is 6.02. The van der Waals surface area contributed by atoms with E-state index < -0.39 is 6.16 Å². The Balaban J connectivity index is 2.01. The topological polar surface area (TPSA) is 62.7 Å². The van der Waals surface area contributed by atoms with E-state index in [0.29, 0.717) is 11.7 Å². The molecule has 1 N–H and O–H groups in total. The smallest absolute Gasteiger partial charge is 0.449 e. The predicted octanol–water partition coefficient (Wildman–Crippen LogP) is 5.48. The molecule has 5 nitrogen and oxygen atoms in total. The van der Waals surface area contributed by atoms with Crippen LogP contribution < -0.4 is 9.64 Å². The van der Waals surface area contributed by atoms with E-state index in [2.05, 4.69) is 18.7 Å². The second-order valence-electron chi connectivity index (χ2n) is 8.07. The summed E-state index contributed by atoms with van der Waals surface area (Å²) < 4.78 is 5.45. The van der Waals surface area contributed by atoms with Crippen molar-refractivity contribution in [3.8, 4) is 16.9 Å². The summed E-state index contributed by atoms with van der Waals surface area (Å²) in [4.78, 5) is 19.0. The van der Waals surface area contributed by atoms with Crippen LogP contribution in [-0.2, 0) is 6.42 Å². The Morgan fingerprint density at radius 3 is 2.61 bits per heavy atom. The van der Waals surface area contributed by atoms with Gasteiger partial charge >= 0.3 is 6.16 Å². The molecule has 2 heterocycles. The zero-order chi connectivity index (χ0) is 19.7. The number of carbonyl (C=O) groups is 1. The van der Waals surface area contributed by atoms with Gasteiger partial charge in [0, 0.05) is 30.1 Å². The van der Waals surface area contributed by atoms with E-state index in [4.69, 9.17) is 9.72 Å². The summed E-state index contributed by atoms with van der Waals surface area (Å²) in [5.74, 6) is 2.21. The molecule has 2 aliphatic rings. The third kappa shape index (κ3) is 3.46. The average Bonchev–Trinajstić information content (AvgIpc) is 3.21. The lowest BCUT2D eigenvalue weighted by Crippen LogP contribution is -2.35. The minimum atomic E-state index is -1.27. The molecule has 0 radical (unpaired) electrons. The van der Waals surface area contributed by atoms with Crippen LogP contribution >= 0.6 is 0 Å². The van der Waals surface area contributed by atoms with Gasteiger partial charge in [-0.25, -0.2) is 9.78 Å². The molecule has 5 heteroatoms. The van der Waals surface area contributed by atoms with Crippen molar-refractivity contribution < 1.29 is 14.6 Å². The lowest BCUT2D eigenvalue weighted by molar-refractivity contribution is 0.143. The minimum Gasteiger partial charge on any atom is -0.449 e. The Labute approximate surface area is 166 Å². The zero-order valence-corrected chi connectivity index (χ0v) is 16.6. The lowest BCUT2D eigenvalue weighted by atomic mass is 9.87. The normalized spacial score (nSPS) is 19.5. The van der Waals surface area contributed by atoms with Gasteiger partial charge in [-0.2, -0.15) is 0 Å². The van der Waals surface area contributed by atoms with Crippen molar-refractivity contribution in [1.29, 1.82) is 0 Å². The second kappa shape index (κ2) is 7.82. The van der Waals surface area contributed by atoms with Crippen LogP contribution in [0.15, 0.2) is 30.3 Å². The first-order chi connectivity index (χ1) is 13.6. The van der Waals surface area contributed by atoms with Crippen molar-refractivity contribution in [2.45, 2.75) is 51.9 Å². The molecule has 0 bridgehead atoms. The van der Waals surface area contributed by atoms with Gasteiger partial charge in [0.05, 0.1) is 5.69 Å². The third-order valence-electron chi connectivity index (χ3n) is 6.02. The molecule has 148 valence electrons. The number of rotatable bonds is 4. The van der Waals surface area contributed by atoms with E-state index in [1.54, 1.807) is 0 Å². The second-order valence-corrected chi connectivity index (χ2v) is 8.07. The van der Waals surface area contributed by atoms with Gasteiger partial charge in [-0.15, -0.1) is 0 Å². The fourth-order valence-electron chi connectivity index (χ4n) is 4.80. The van der Waals surface area contributed by atoms with Crippen LogP contribution in [-0.4, -0.2) is 29.3 Å². The van der Waals surface area contributed by atoms with Crippen molar-refractivity contribution in [2.24, 2.45) is 5.92 Å². The highest BCUT2D eigenvalue weighted by Crippen LogP contribution is 2.48. The molecule has 1 saturated carbocycles. The molecule has 1 aliphatic carbocycles. The summed E-state index contributed by atoms with van der Waals surface area (Å²) >= 11 is 0. The van der Waals surface area contributed by atoms with Crippen LogP contribution in [0.1, 0.15) is 56.7 Å². The Morgan fingerprint density at radius 1 is 1.25 bits per heavy atom. The van der Waals surface area contributed by atoms with Gasteiger partial charge in [0.2, 0.25) is 0 Å². The lowest BCUT2D eigenvalue weighted by Gasteiger charge is -2.35. The summed E-state index contributed by atoms with van der Waals surface area (Å²) in [6.45, 7) is 6.27. The summed E-state index contributed by atoms with van der Waals surface area (Å²) in [5, 5.41) is 9.50. The maximum atomic E-state index is 11.6. The summed E-state index contributed by atoms with van der Waals surface area (Å²) in [6, 6.07) is 10.0. The number of benzene rings is 1. The molecule has 1 aromatic heterocycles. The van der Waals surface area contributed by atoms with Crippen LogP contribution in [0, 0.1) is 5.92 Å². The zero-order valence-electron chi connectivity index (χ0n) is 16.6. The predicted molar refractivity (Wildman–Crippen MR) is 110 cm³/mol. The number of hydrogen-bond acceptors (Lipinski definition) is 4. The average molecular weight is 380 g/mol. The Kier molecular flexibility index (Phi) is 5.25. The van der Waals surface area contributed by atoms with Crippen molar-refractivity contribution >= 4 is 12.0 Å². The van der Waals surface area contributed by atoms with Gasteiger partial charge < -0.3 is 14.7 Å². The van der Waals surface area contributed by atoms with Crippen molar-refractivity contribution in [1.82, 2.24) is 4.98 Å².